The number of rotatable bonds is 7. The van der Waals surface area contributed by atoms with Gasteiger partial charge >= 0.3 is 5.97 Å². The highest BCUT2D eigenvalue weighted by Crippen LogP contribution is 2.53. The molecule has 5 nitrogen and oxygen atoms in total. The van der Waals surface area contributed by atoms with Crippen LogP contribution in [0.25, 0.3) is 31.8 Å². The molecule has 0 N–H and O–H groups in total. The highest BCUT2D eigenvalue weighted by Gasteiger charge is 2.47. The molecule has 0 unspecified atom stereocenters. The molecule has 34 heavy (non-hydrogen) atoms. The number of hydrogen-bond acceptors (Lipinski definition) is 5. The van der Waals surface area contributed by atoms with E-state index in [1.807, 2.05) is 0 Å². The summed E-state index contributed by atoms with van der Waals surface area (Å²) in [5.74, 6) is -0.164. The lowest BCUT2D eigenvalue weighted by Gasteiger charge is -2.14. The molecule has 0 radical (unpaired) electrons. The Morgan fingerprint density at radius 1 is 1.06 bits per heavy atom. The lowest BCUT2D eigenvalue weighted by Crippen LogP contribution is -2.10. The fourth-order valence-corrected chi connectivity index (χ4v) is 5.74. The van der Waals surface area contributed by atoms with Gasteiger partial charge in [0, 0.05) is 41.0 Å². The van der Waals surface area contributed by atoms with Gasteiger partial charge in [-0.1, -0.05) is 41.7 Å². The van der Waals surface area contributed by atoms with Crippen LogP contribution in [-0.2, 0) is 21.5 Å². The van der Waals surface area contributed by atoms with E-state index in [2.05, 4.69) is 77.5 Å². The van der Waals surface area contributed by atoms with Gasteiger partial charge in [0.1, 0.15) is 15.4 Å². The second kappa shape index (κ2) is 8.37. The van der Waals surface area contributed by atoms with Gasteiger partial charge in [-0.25, -0.2) is 9.97 Å². The Hall–Kier alpha value is -3.51. The molecule has 0 spiro atoms. The van der Waals surface area contributed by atoms with Crippen LogP contribution in [0.4, 0.5) is 0 Å². The van der Waals surface area contributed by atoms with Gasteiger partial charge in [0.05, 0.1) is 12.8 Å². The van der Waals surface area contributed by atoms with E-state index < -0.39 is 0 Å². The number of benzene rings is 2. The highest BCUT2D eigenvalue weighted by atomic mass is 32.1. The third kappa shape index (κ3) is 3.68. The van der Waals surface area contributed by atoms with Crippen molar-refractivity contribution in [3.8, 4) is 10.6 Å². The molecule has 170 valence electrons. The molecule has 0 amide bonds. The third-order valence-electron chi connectivity index (χ3n) is 6.85. The standard InChI is InChI=1S/C28H25N3O2S/c1-33-25(32)8-5-16-31-17-13-19-18-20(9-11-23(19)31)26-29-22-10-12-24(30-27(22)34-26)28(14-15-28)21-6-3-2-4-7-21/h2-4,6-7,9-13,17-18H,5,8,14-16H2,1H3. The summed E-state index contributed by atoms with van der Waals surface area (Å²) >= 11 is 1.66. The van der Waals surface area contributed by atoms with Gasteiger partial charge in [0.25, 0.3) is 0 Å². The minimum Gasteiger partial charge on any atom is -0.469 e. The summed E-state index contributed by atoms with van der Waals surface area (Å²) in [5, 5.41) is 2.16. The van der Waals surface area contributed by atoms with Crippen LogP contribution >= 0.6 is 11.3 Å². The number of esters is 1. The van der Waals surface area contributed by atoms with E-state index >= 15 is 0 Å². The quantitative estimate of drug-likeness (QED) is 0.262. The van der Waals surface area contributed by atoms with Crippen molar-refractivity contribution < 1.29 is 9.53 Å². The monoisotopic (exact) mass is 467 g/mol. The minimum atomic E-state index is -0.164. The van der Waals surface area contributed by atoms with Gasteiger partial charge < -0.3 is 9.30 Å². The number of nitrogens with zero attached hydrogens (tertiary/aromatic N) is 3. The number of carbonyl (C=O) groups is 1. The van der Waals surface area contributed by atoms with Gasteiger partial charge in [-0.2, -0.15) is 0 Å². The fraction of sp³-hybridized carbons (Fsp3) is 0.250. The number of carbonyl (C=O) groups excluding carboxylic acids is 1. The fourth-order valence-electron chi connectivity index (χ4n) is 4.81. The van der Waals surface area contributed by atoms with Crippen molar-refractivity contribution in [2.45, 2.75) is 37.6 Å². The van der Waals surface area contributed by atoms with Gasteiger partial charge in [-0.05, 0) is 61.2 Å². The van der Waals surface area contributed by atoms with E-state index in [0.717, 1.165) is 57.9 Å². The number of ether oxygens (including phenoxy) is 1. The Kier molecular flexibility index (Phi) is 5.18. The number of pyridine rings is 1. The summed E-state index contributed by atoms with van der Waals surface area (Å²) in [6, 6.07) is 23.6. The predicted molar refractivity (Wildman–Crippen MR) is 136 cm³/mol. The summed E-state index contributed by atoms with van der Waals surface area (Å²) in [7, 11) is 1.43. The van der Waals surface area contributed by atoms with E-state index in [-0.39, 0.29) is 11.4 Å². The molecule has 0 bridgehead atoms. The van der Waals surface area contributed by atoms with Crippen molar-refractivity contribution in [3.05, 3.63) is 84.2 Å². The Labute approximate surface area is 202 Å². The Morgan fingerprint density at radius 2 is 1.91 bits per heavy atom. The zero-order chi connectivity index (χ0) is 23.1. The third-order valence-corrected chi connectivity index (χ3v) is 7.86. The van der Waals surface area contributed by atoms with E-state index in [4.69, 9.17) is 14.7 Å². The van der Waals surface area contributed by atoms with Crippen molar-refractivity contribution in [2.24, 2.45) is 0 Å². The molecule has 1 aliphatic carbocycles. The Bertz CT molecular complexity index is 1500. The highest BCUT2D eigenvalue weighted by molar-refractivity contribution is 7.21. The van der Waals surface area contributed by atoms with Crippen LogP contribution in [0.5, 0.6) is 0 Å². The molecule has 0 saturated heterocycles. The first-order chi connectivity index (χ1) is 16.7. The van der Waals surface area contributed by atoms with E-state index in [0.29, 0.717) is 6.42 Å². The second-order valence-corrected chi connectivity index (χ2v) is 9.93. The number of fused-ring (bicyclic) bond motifs is 2. The lowest BCUT2D eigenvalue weighted by molar-refractivity contribution is -0.140. The van der Waals surface area contributed by atoms with Crippen molar-refractivity contribution in [1.29, 1.82) is 0 Å². The lowest BCUT2D eigenvalue weighted by atomic mass is 9.92. The van der Waals surface area contributed by atoms with Crippen molar-refractivity contribution >= 4 is 38.6 Å². The average molecular weight is 468 g/mol. The average Bonchev–Trinajstić information content (AvgIpc) is 3.42. The van der Waals surface area contributed by atoms with Crippen LogP contribution in [0.3, 0.4) is 0 Å². The molecule has 0 aliphatic heterocycles. The molecule has 6 heteroatoms. The first kappa shape index (κ1) is 21.1. The molecule has 1 saturated carbocycles. The Morgan fingerprint density at radius 3 is 2.71 bits per heavy atom. The smallest absolute Gasteiger partial charge is 0.305 e. The zero-order valence-electron chi connectivity index (χ0n) is 19.0. The zero-order valence-corrected chi connectivity index (χ0v) is 19.8. The van der Waals surface area contributed by atoms with Crippen LogP contribution in [0.15, 0.2) is 72.9 Å². The number of hydrogen-bond donors (Lipinski definition) is 0. The normalized spacial score (nSPS) is 14.5. The topological polar surface area (TPSA) is 57.0 Å². The maximum atomic E-state index is 11.4. The number of aromatic nitrogens is 3. The van der Waals surface area contributed by atoms with Crippen LogP contribution < -0.4 is 0 Å². The van der Waals surface area contributed by atoms with Gasteiger partial charge in [0.15, 0.2) is 0 Å². The summed E-state index contributed by atoms with van der Waals surface area (Å²) in [5.41, 5.74) is 5.79. The molecule has 2 aromatic carbocycles. The maximum absolute atomic E-state index is 11.4. The van der Waals surface area contributed by atoms with Crippen LogP contribution in [0.1, 0.15) is 36.9 Å². The molecule has 1 aliphatic rings. The number of thiazole rings is 1. The summed E-state index contributed by atoms with van der Waals surface area (Å²) in [6.45, 7) is 0.787. The molecule has 3 aromatic heterocycles. The number of methoxy groups -OCH3 is 1. The van der Waals surface area contributed by atoms with Crippen LogP contribution in [0, 0.1) is 0 Å². The molecule has 0 atom stereocenters. The van der Waals surface area contributed by atoms with Gasteiger partial charge in [-0.15, -0.1) is 0 Å². The first-order valence-corrected chi connectivity index (χ1v) is 12.5. The van der Waals surface area contributed by atoms with Gasteiger partial charge in [0.2, 0.25) is 0 Å². The molecule has 5 aromatic rings. The largest absolute Gasteiger partial charge is 0.469 e. The first-order valence-electron chi connectivity index (χ1n) is 11.7. The molecule has 3 heterocycles. The molecular formula is C28H25N3O2S. The summed E-state index contributed by atoms with van der Waals surface area (Å²) in [4.78, 5) is 22.3. The molecule has 1 fully saturated rings. The van der Waals surface area contributed by atoms with Crippen LogP contribution in [-0.4, -0.2) is 27.6 Å². The van der Waals surface area contributed by atoms with Gasteiger partial charge in [-0.3, -0.25) is 4.79 Å². The predicted octanol–water partition coefficient (Wildman–Crippen LogP) is 6.35. The molecule has 6 rings (SSSR count). The maximum Gasteiger partial charge on any atom is 0.305 e. The van der Waals surface area contributed by atoms with E-state index in [1.54, 1.807) is 11.3 Å². The SMILES string of the molecule is COC(=O)CCCn1ccc2cc(-c3nc4ccc(C5(c6ccccc6)CC5)nc4s3)ccc21. The van der Waals surface area contributed by atoms with Crippen molar-refractivity contribution in [1.82, 2.24) is 14.5 Å². The summed E-state index contributed by atoms with van der Waals surface area (Å²) in [6.07, 6.45) is 5.56. The van der Waals surface area contributed by atoms with Crippen molar-refractivity contribution in [3.63, 3.8) is 0 Å². The Balaban J connectivity index is 1.27. The van der Waals surface area contributed by atoms with Crippen molar-refractivity contribution in [2.75, 3.05) is 7.11 Å². The minimum absolute atomic E-state index is 0.0648. The summed E-state index contributed by atoms with van der Waals surface area (Å²) < 4.78 is 6.93. The van der Waals surface area contributed by atoms with Crippen LogP contribution in [0.2, 0.25) is 0 Å². The molecular weight excluding hydrogens is 442 g/mol. The second-order valence-electron chi connectivity index (χ2n) is 8.95. The van der Waals surface area contributed by atoms with E-state index in [9.17, 15) is 4.79 Å². The number of aryl methyl sites for hydroxylation is 1. The van der Waals surface area contributed by atoms with E-state index in [1.165, 1.54) is 18.1 Å².